The summed E-state index contributed by atoms with van der Waals surface area (Å²) >= 11 is 0. The molecule has 0 spiro atoms. The summed E-state index contributed by atoms with van der Waals surface area (Å²) in [5.41, 5.74) is -0.973. The third-order valence-electron chi connectivity index (χ3n) is 1.88. The Labute approximate surface area is 77.3 Å². The fraction of sp³-hybridized carbons (Fsp3) is 0.571. The predicted molar refractivity (Wildman–Crippen MR) is 49.6 cm³/mol. The summed E-state index contributed by atoms with van der Waals surface area (Å²) in [7, 11) is -1.82. The zero-order chi connectivity index (χ0) is 9.90. The van der Waals surface area contributed by atoms with Crippen molar-refractivity contribution in [3.05, 3.63) is 12.3 Å². The predicted octanol–water partition coefficient (Wildman–Crippen LogP) is -0.530. The molecule has 0 saturated carbocycles. The first-order chi connectivity index (χ1) is 6.07. The van der Waals surface area contributed by atoms with Crippen LogP contribution < -0.4 is 5.32 Å². The van der Waals surface area contributed by atoms with E-state index in [1.807, 2.05) is 13.8 Å². The highest BCUT2D eigenvalue weighted by molar-refractivity contribution is 6.32. The Bertz CT molecular complexity index is 216. The second-order valence-corrected chi connectivity index (χ2v) is 3.11. The molecule has 1 aliphatic rings. The van der Waals surface area contributed by atoms with E-state index < -0.39 is 13.0 Å². The van der Waals surface area contributed by atoms with Gasteiger partial charge in [0.05, 0.1) is 6.34 Å². The molecule has 1 atom stereocenters. The third kappa shape index (κ3) is 2.30. The molecule has 0 aromatic heterocycles. The van der Waals surface area contributed by atoms with E-state index >= 15 is 0 Å². The average Bonchev–Trinajstić information content (AvgIpc) is 2.04. The number of hydrogen-bond donors (Lipinski definition) is 3. The van der Waals surface area contributed by atoms with Crippen LogP contribution in [0.5, 0.6) is 0 Å². The summed E-state index contributed by atoms with van der Waals surface area (Å²) < 4.78 is 4.93. The second-order valence-electron chi connectivity index (χ2n) is 3.11. The van der Waals surface area contributed by atoms with Crippen LogP contribution in [0.1, 0.15) is 13.8 Å². The first-order valence-electron chi connectivity index (χ1n) is 4.08. The van der Waals surface area contributed by atoms with Crippen LogP contribution in [0.4, 0.5) is 0 Å². The maximum absolute atomic E-state index is 8.72. The summed E-state index contributed by atoms with van der Waals surface area (Å²) in [5.74, 6) is 0.0175. The molecule has 72 valence electrons. The van der Waals surface area contributed by atoms with Gasteiger partial charge in [-0.05, 0) is 6.08 Å². The van der Waals surface area contributed by atoms with Crippen LogP contribution in [0.15, 0.2) is 17.3 Å². The molecule has 1 aliphatic heterocycles. The maximum atomic E-state index is 8.72. The second kappa shape index (κ2) is 3.91. The number of rotatable bonds is 3. The van der Waals surface area contributed by atoms with Crippen molar-refractivity contribution in [1.29, 1.82) is 0 Å². The third-order valence-corrected chi connectivity index (χ3v) is 1.88. The first-order valence-corrected chi connectivity index (χ1v) is 4.08. The van der Waals surface area contributed by atoms with Crippen molar-refractivity contribution in [2.45, 2.75) is 19.6 Å². The quantitative estimate of drug-likeness (QED) is 0.515. The summed E-state index contributed by atoms with van der Waals surface area (Å²) in [6, 6.07) is 0. The van der Waals surface area contributed by atoms with Gasteiger partial charge in [0.1, 0.15) is 0 Å². The van der Waals surface area contributed by atoms with Crippen LogP contribution in [-0.2, 0) is 4.65 Å². The zero-order valence-corrected chi connectivity index (χ0v) is 7.64. The van der Waals surface area contributed by atoms with Crippen molar-refractivity contribution in [2.24, 2.45) is 10.9 Å². The van der Waals surface area contributed by atoms with Crippen LogP contribution in [0, 0.1) is 5.92 Å². The number of aliphatic imine (C=N–C) groups is 1. The van der Waals surface area contributed by atoms with Crippen molar-refractivity contribution in [2.75, 3.05) is 0 Å². The minimum absolute atomic E-state index is 0.0175. The van der Waals surface area contributed by atoms with Gasteiger partial charge in [0, 0.05) is 12.1 Å². The lowest BCUT2D eigenvalue weighted by Gasteiger charge is -2.32. The summed E-state index contributed by atoms with van der Waals surface area (Å²) in [5, 5.41) is 20.2. The van der Waals surface area contributed by atoms with Gasteiger partial charge in [-0.3, -0.25) is 0 Å². The molecule has 1 heterocycles. The number of nitrogens with one attached hydrogen (secondary N) is 1. The van der Waals surface area contributed by atoms with E-state index in [2.05, 4.69) is 10.3 Å². The Morgan fingerprint density at radius 2 is 2.23 bits per heavy atom. The van der Waals surface area contributed by atoms with E-state index in [4.69, 9.17) is 14.7 Å². The van der Waals surface area contributed by atoms with Gasteiger partial charge in [-0.25, -0.2) is 4.99 Å². The van der Waals surface area contributed by atoms with Crippen molar-refractivity contribution in [3.63, 3.8) is 0 Å². The average molecular weight is 184 g/mol. The molecule has 0 aromatic carbocycles. The molecule has 0 fully saturated rings. The Hall–Kier alpha value is -0.845. The summed E-state index contributed by atoms with van der Waals surface area (Å²) in [6.45, 7) is 3.77. The lowest BCUT2D eigenvalue weighted by Crippen LogP contribution is -2.42. The van der Waals surface area contributed by atoms with Gasteiger partial charge in [0.15, 0.2) is 5.72 Å². The van der Waals surface area contributed by atoms with Gasteiger partial charge < -0.3 is 20.0 Å². The minimum Gasteiger partial charge on any atom is -0.402 e. The molecule has 0 radical (unpaired) electrons. The lowest BCUT2D eigenvalue weighted by molar-refractivity contribution is 0.0279. The van der Waals surface area contributed by atoms with Crippen molar-refractivity contribution < 1.29 is 14.7 Å². The van der Waals surface area contributed by atoms with Gasteiger partial charge >= 0.3 is 7.32 Å². The van der Waals surface area contributed by atoms with Crippen molar-refractivity contribution in [3.8, 4) is 0 Å². The van der Waals surface area contributed by atoms with E-state index in [9.17, 15) is 0 Å². The maximum Gasteiger partial charge on any atom is 0.635 e. The molecular weight excluding hydrogens is 171 g/mol. The van der Waals surface area contributed by atoms with E-state index in [0.29, 0.717) is 0 Å². The highest BCUT2D eigenvalue weighted by Crippen LogP contribution is 2.26. The van der Waals surface area contributed by atoms with Crippen LogP contribution in [-0.4, -0.2) is 29.4 Å². The van der Waals surface area contributed by atoms with Gasteiger partial charge in [0.2, 0.25) is 0 Å². The van der Waals surface area contributed by atoms with E-state index in [-0.39, 0.29) is 5.92 Å². The van der Waals surface area contributed by atoms with E-state index in [1.54, 1.807) is 12.3 Å². The SMILES string of the molecule is CC(C)C1(OB(O)O)C=CNC=N1. The fourth-order valence-electron chi connectivity index (χ4n) is 1.11. The Balaban J connectivity index is 2.80. The van der Waals surface area contributed by atoms with Gasteiger partial charge in [-0.2, -0.15) is 0 Å². The summed E-state index contributed by atoms with van der Waals surface area (Å²) in [6.07, 6.45) is 4.76. The highest BCUT2D eigenvalue weighted by atomic mass is 16.6. The van der Waals surface area contributed by atoms with Gasteiger partial charge in [0.25, 0.3) is 0 Å². The van der Waals surface area contributed by atoms with Crippen LogP contribution >= 0.6 is 0 Å². The number of hydrogen-bond acceptors (Lipinski definition) is 5. The molecule has 0 bridgehead atoms. The Morgan fingerprint density at radius 1 is 1.54 bits per heavy atom. The lowest BCUT2D eigenvalue weighted by atomic mass is 9.97. The van der Waals surface area contributed by atoms with Crippen molar-refractivity contribution >= 4 is 13.7 Å². The molecule has 0 aromatic rings. The van der Waals surface area contributed by atoms with Crippen LogP contribution in [0.25, 0.3) is 0 Å². The number of nitrogens with zero attached hydrogens (tertiary/aromatic N) is 1. The minimum atomic E-state index is -1.82. The topological polar surface area (TPSA) is 74.1 Å². The Morgan fingerprint density at radius 3 is 2.62 bits per heavy atom. The molecule has 3 N–H and O–H groups in total. The van der Waals surface area contributed by atoms with Crippen LogP contribution in [0.2, 0.25) is 0 Å². The standard InChI is InChI=1S/C7H13BN2O3/c1-6(2)7(13-8(11)12)3-4-9-5-10-7/h3-6,11-12H,1-2H3,(H,9,10). The molecule has 1 unspecified atom stereocenters. The molecule has 5 nitrogen and oxygen atoms in total. The van der Waals surface area contributed by atoms with Crippen LogP contribution in [0.3, 0.4) is 0 Å². The van der Waals surface area contributed by atoms with E-state index in [0.717, 1.165) is 0 Å². The molecule has 0 amide bonds. The normalized spacial score (nSPS) is 26.2. The van der Waals surface area contributed by atoms with Gasteiger partial charge in [-0.1, -0.05) is 13.8 Å². The monoisotopic (exact) mass is 184 g/mol. The largest absolute Gasteiger partial charge is 0.635 e. The zero-order valence-electron chi connectivity index (χ0n) is 7.64. The smallest absolute Gasteiger partial charge is 0.402 e. The van der Waals surface area contributed by atoms with Gasteiger partial charge in [-0.15, -0.1) is 0 Å². The van der Waals surface area contributed by atoms with E-state index in [1.165, 1.54) is 6.34 Å². The molecule has 6 heteroatoms. The molecular formula is C7H13BN2O3. The molecule has 13 heavy (non-hydrogen) atoms. The van der Waals surface area contributed by atoms with Crippen molar-refractivity contribution in [1.82, 2.24) is 5.32 Å². The Kier molecular flexibility index (Phi) is 3.08. The first kappa shape index (κ1) is 10.2. The molecule has 0 saturated heterocycles. The molecule has 1 rings (SSSR count). The fourth-order valence-corrected chi connectivity index (χ4v) is 1.11. The highest BCUT2D eigenvalue weighted by Gasteiger charge is 2.36. The summed E-state index contributed by atoms with van der Waals surface area (Å²) in [4.78, 5) is 4.04. The molecule has 0 aliphatic carbocycles.